The first-order valence-corrected chi connectivity index (χ1v) is 7.66. The molecule has 0 spiro atoms. The van der Waals surface area contributed by atoms with Gasteiger partial charge < -0.3 is 10.7 Å². The standard InChI is InChI=1S/C15H18N6/c16-15-5-2-14(3-6-15,4-7-15)13-20-19-11-9-18-12-10(21(11)13)1-8-17-12/h1,8-9,17H,2-7,16H2. The molecular formula is C15H18N6. The molecule has 0 unspecified atom stereocenters. The van der Waals surface area contributed by atoms with Crippen LogP contribution in [0.25, 0.3) is 16.8 Å². The highest BCUT2D eigenvalue weighted by Crippen LogP contribution is 2.52. The summed E-state index contributed by atoms with van der Waals surface area (Å²) in [5, 5.41) is 8.91. The first-order chi connectivity index (χ1) is 10.2. The van der Waals surface area contributed by atoms with Crippen LogP contribution in [0, 0.1) is 0 Å². The lowest BCUT2D eigenvalue weighted by molar-refractivity contribution is 0.100. The molecule has 21 heavy (non-hydrogen) atoms. The van der Waals surface area contributed by atoms with Crippen LogP contribution in [0.15, 0.2) is 18.5 Å². The number of H-pyrrole nitrogens is 1. The van der Waals surface area contributed by atoms with E-state index in [0.717, 1.165) is 61.2 Å². The Labute approximate surface area is 121 Å². The predicted molar refractivity (Wildman–Crippen MR) is 78.9 cm³/mol. The molecule has 0 aliphatic heterocycles. The summed E-state index contributed by atoms with van der Waals surface area (Å²) in [7, 11) is 0. The normalized spacial score (nSPS) is 32.2. The third-order valence-electron chi connectivity index (χ3n) is 5.72. The molecule has 6 rings (SSSR count). The van der Waals surface area contributed by atoms with Crippen molar-refractivity contribution in [2.45, 2.75) is 49.5 Å². The van der Waals surface area contributed by atoms with E-state index in [1.807, 2.05) is 6.20 Å². The van der Waals surface area contributed by atoms with E-state index < -0.39 is 0 Å². The average molecular weight is 282 g/mol. The van der Waals surface area contributed by atoms with E-state index in [-0.39, 0.29) is 11.0 Å². The second-order valence-corrected chi connectivity index (χ2v) is 6.83. The topological polar surface area (TPSA) is 84.9 Å². The molecule has 0 amide bonds. The molecule has 0 radical (unpaired) electrons. The second-order valence-electron chi connectivity index (χ2n) is 6.83. The van der Waals surface area contributed by atoms with Gasteiger partial charge in [0.2, 0.25) is 0 Å². The number of hydrogen-bond acceptors (Lipinski definition) is 4. The molecule has 3 saturated carbocycles. The summed E-state index contributed by atoms with van der Waals surface area (Å²) in [5.41, 5.74) is 9.45. The number of aromatic amines is 1. The van der Waals surface area contributed by atoms with Crippen LogP contribution in [0.4, 0.5) is 0 Å². The molecule has 0 atom stereocenters. The number of nitrogens with one attached hydrogen (secondary N) is 1. The summed E-state index contributed by atoms with van der Waals surface area (Å²) >= 11 is 0. The average Bonchev–Trinajstić information content (AvgIpc) is 3.14. The zero-order valence-corrected chi connectivity index (χ0v) is 11.8. The van der Waals surface area contributed by atoms with E-state index in [4.69, 9.17) is 5.73 Å². The fraction of sp³-hybridized carbons (Fsp3) is 0.533. The molecule has 3 aliphatic rings. The van der Waals surface area contributed by atoms with Gasteiger partial charge in [0.25, 0.3) is 0 Å². The Morgan fingerprint density at radius 3 is 2.62 bits per heavy atom. The second kappa shape index (κ2) is 3.62. The van der Waals surface area contributed by atoms with E-state index in [2.05, 4.69) is 30.6 Å². The maximum atomic E-state index is 6.44. The third-order valence-corrected chi connectivity index (χ3v) is 5.72. The molecule has 3 aromatic heterocycles. The molecule has 3 N–H and O–H groups in total. The van der Waals surface area contributed by atoms with Gasteiger partial charge in [-0.2, -0.15) is 0 Å². The summed E-state index contributed by atoms with van der Waals surface area (Å²) in [6.07, 6.45) is 10.4. The number of nitrogens with two attached hydrogens (primary N) is 1. The van der Waals surface area contributed by atoms with Crippen LogP contribution < -0.4 is 5.73 Å². The maximum Gasteiger partial charge on any atom is 0.179 e. The predicted octanol–water partition coefficient (Wildman–Crippen LogP) is 1.91. The van der Waals surface area contributed by atoms with Crippen molar-refractivity contribution >= 4 is 16.8 Å². The van der Waals surface area contributed by atoms with Crippen LogP contribution in [0.3, 0.4) is 0 Å². The fourth-order valence-electron chi connectivity index (χ4n) is 4.27. The molecule has 6 heteroatoms. The van der Waals surface area contributed by atoms with Gasteiger partial charge in [-0.15, -0.1) is 10.2 Å². The highest BCUT2D eigenvalue weighted by Gasteiger charge is 2.49. The van der Waals surface area contributed by atoms with Gasteiger partial charge in [-0.05, 0) is 44.6 Å². The van der Waals surface area contributed by atoms with Gasteiger partial charge in [-0.25, -0.2) is 4.98 Å². The van der Waals surface area contributed by atoms with E-state index in [1.54, 1.807) is 6.20 Å². The molecule has 0 saturated heterocycles. The third kappa shape index (κ3) is 1.43. The van der Waals surface area contributed by atoms with E-state index in [0.29, 0.717) is 0 Å². The number of fused-ring (bicyclic) bond motifs is 6. The molecule has 3 aliphatic carbocycles. The Bertz CT molecular complexity index is 820. The SMILES string of the molecule is NC12CCC(c3nnc4cnc5[nH]ccc5n34)(CC1)CC2. The largest absolute Gasteiger partial charge is 0.345 e. The van der Waals surface area contributed by atoms with Crippen LogP contribution >= 0.6 is 0 Å². The van der Waals surface area contributed by atoms with E-state index in [1.165, 1.54) is 0 Å². The Hall–Kier alpha value is -1.95. The van der Waals surface area contributed by atoms with Gasteiger partial charge in [-0.1, -0.05) is 0 Å². The minimum absolute atomic E-state index is 0.0766. The Balaban J connectivity index is 1.76. The summed E-state index contributed by atoms with van der Waals surface area (Å²) in [5.74, 6) is 1.10. The van der Waals surface area contributed by atoms with E-state index >= 15 is 0 Å². The van der Waals surface area contributed by atoms with Crippen molar-refractivity contribution in [2.75, 3.05) is 0 Å². The minimum Gasteiger partial charge on any atom is -0.345 e. The van der Waals surface area contributed by atoms with Crippen molar-refractivity contribution in [1.29, 1.82) is 0 Å². The Morgan fingerprint density at radius 2 is 1.86 bits per heavy atom. The highest BCUT2D eigenvalue weighted by molar-refractivity contribution is 5.74. The van der Waals surface area contributed by atoms with Gasteiger partial charge in [0.1, 0.15) is 5.82 Å². The van der Waals surface area contributed by atoms with Crippen molar-refractivity contribution in [2.24, 2.45) is 5.73 Å². The quantitative estimate of drug-likeness (QED) is 0.714. The highest BCUT2D eigenvalue weighted by atomic mass is 15.3. The Morgan fingerprint density at radius 1 is 1.10 bits per heavy atom. The molecule has 6 nitrogen and oxygen atoms in total. The van der Waals surface area contributed by atoms with Gasteiger partial charge in [-0.3, -0.25) is 4.40 Å². The molecule has 3 heterocycles. The van der Waals surface area contributed by atoms with Gasteiger partial charge in [0, 0.05) is 17.2 Å². The van der Waals surface area contributed by atoms with Gasteiger partial charge >= 0.3 is 0 Å². The number of rotatable bonds is 1. The Kier molecular flexibility index (Phi) is 2.02. The van der Waals surface area contributed by atoms with Crippen molar-refractivity contribution in [3.63, 3.8) is 0 Å². The summed E-state index contributed by atoms with van der Waals surface area (Å²) in [6, 6.07) is 2.05. The molecule has 3 fully saturated rings. The van der Waals surface area contributed by atoms with Crippen LogP contribution in [0.2, 0.25) is 0 Å². The van der Waals surface area contributed by atoms with E-state index in [9.17, 15) is 0 Å². The van der Waals surface area contributed by atoms with Gasteiger partial charge in [0.15, 0.2) is 11.3 Å². The van der Waals surface area contributed by atoms with Gasteiger partial charge in [0.05, 0.1) is 11.7 Å². The van der Waals surface area contributed by atoms with Crippen LogP contribution in [0.5, 0.6) is 0 Å². The number of hydrogen-bond donors (Lipinski definition) is 2. The first kappa shape index (κ1) is 11.7. The fourth-order valence-corrected chi connectivity index (χ4v) is 4.27. The van der Waals surface area contributed by atoms with Crippen molar-refractivity contribution < 1.29 is 0 Å². The number of aromatic nitrogens is 5. The zero-order valence-electron chi connectivity index (χ0n) is 11.8. The van der Waals surface area contributed by atoms with Crippen molar-refractivity contribution in [3.8, 4) is 0 Å². The minimum atomic E-state index is 0.0766. The lowest BCUT2D eigenvalue weighted by Gasteiger charge is -2.50. The van der Waals surface area contributed by atoms with Crippen molar-refractivity contribution in [3.05, 3.63) is 24.3 Å². The monoisotopic (exact) mass is 282 g/mol. The molecule has 0 aromatic carbocycles. The van der Waals surface area contributed by atoms with Crippen LogP contribution in [0.1, 0.15) is 44.3 Å². The molecule has 2 bridgehead atoms. The lowest BCUT2D eigenvalue weighted by atomic mass is 9.57. The summed E-state index contributed by atoms with van der Waals surface area (Å²) in [6.45, 7) is 0. The molecular weight excluding hydrogens is 264 g/mol. The van der Waals surface area contributed by atoms with Crippen LogP contribution in [-0.4, -0.2) is 30.1 Å². The maximum absolute atomic E-state index is 6.44. The van der Waals surface area contributed by atoms with Crippen molar-refractivity contribution in [1.82, 2.24) is 24.6 Å². The lowest BCUT2D eigenvalue weighted by Crippen LogP contribution is -2.54. The molecule has 108 valence electrons. The summed E-state index contributed by atoms with van der Waals surface area (Å²) in [4.78, 5) is 7.57. The van der Waals surface area contributed by atoms with Crippen LogP contribution in [-0.2, 0) is 5.41 Å². The summed E-state index contributed by atoms with van der Waals surface area (Å²) < 4.78 is 2.19. The molecule has 3 aromatic rings. The zero-order chi connectivity index (χ0) is 14.1. The number of nitrogens with zero attached hydrogens (tertiary/aromatic N) is 4. The smallest absolute Gasteiger partial charge is 0.179 e. The first-order valence-electron chi connectivity index (χ1n) is 7.66.